The monoisotopic (exact) mass is 491 g/mol. The van der Waals surface area contributed by atoms with Gasteiger partial charge in [-0.15, -0.1) is 24.0 Å². The number of hydrogen-bond donors (Lipinski definition) is 2. The molecule has 1 aromatic carbocycles. The Hall–Kier alpha value is -1.46. The molecule has 1 unspecified atom stereocenters. The van der Waals surface area contributed by atoms with Gasteiger partial charge >= 0.3 is 0 Å². The molecule has 1 atom stereocenters. The van der Waals surface area contributed by atoms with E-state index in [1.54, 1.807) is 19.2 Å². The van der Waals surface area contributed by atoms with Crippen molar-refractivity contribution in [3.8, 4) is 0 Å². The highest BCUT2D eigenvalue weighted by atomic mass is 127. The molecule has 1 fully saturated rings. The molecular weight excluding hydrogens is 461 g/mol. The van der Waals surface area contributed by atoms with Crippen molar-refractivity contribution in [3.63, 3.8) is 0 Å². The topological polar surface area (TPSA) is 92.0 Å². The van der Waals surface area contributed by atoms with E-state index in [0.717, 1.165) is 31.8 Å². The lowest BCUT2D eigenvalue weighted by Gasteiger charge is -2.34. The highest BCUT2D eigenvalue weighted by molar-refractivity contribution is 14.0. The quantitative estimate of drug-likeness (QED) is 0.200. The van der Waals surface area contributed by atoms with Gasteiger partial charge in [0.15, 0.2) is 5.96 Å². The number of benzene rings is 1. The Balaban J connectivity index is 0.00000364. The molecule has 0 saturated carbocycles. The lowest BCUT2D eigenvalue weighted by atomic mass is 10.2. The smallest absolute Gasteiger partial charge is 0.269 e. The molecule has 0 spiro atoms. The van der Waals surface area contributed by atoms with Gasteiger partial charge in [0.2, 0.25) is 0 Å². The maximum Gasteiger partial charge on any atom is 0.269 e. The minimum Gasteiger partial charge on any atom is -0.374 e. The molecule has 2 N–H and O–H groups in total. The normalized spacial score (nSPS) is 18.1. The van der Waals surface area contributed by atoms with Gasteiger partial charge in [-0.1, -0.05) is 26.0 Å². The van der Waals surface area contributed by atoms with Crippen molar-refractivity contribution >= 4 is 35.6 Å². The highest BCUT2D eigenvalue weighted by Gasteiger charge is 2.21. The Bertz CT molecular complexity index is 627. The first kappa shape index (κ1) is 23.6. The number of nitrogens with one attached hydrogen (secondary N) is 2. The van der Waals surface area contributed by atoms with Crippen LogP contribution in [0.4, 0.5) is 5.69 Å². The molecule has 1 aliphatic heterocycles. The van der Waals surface area contributed by atoms with E-state index in [9.17, 15) is 10.1 Å². The van der Waals surface area contributed by atoms with Crippen LogP contribution >= 0.6 is 24.0 Å². The molecular formula is C18H30IN5O3. The van der Waals surface area contributed by atoms with Crippen LogP contribution in [0.3, 0.4) is 0 Å². The number of ether oxygens (including phenoxy) is 1. The maximum absolute atomic E-state index is 10.8. The van der Waals surface area contributed by atoms with E-state index < -0.39 is 0 Å². The van der Waals surface area contributed by atoms with E-state index in [0.29, 0.717) is 25.0 Å². The Morgan fingerprint density at radius 2 is 2.22 bits per heavy atom. The van der Waals surface area contributed by atoms with Gasteiger partial charge in [0.1, 0.15) is 0 Å². The standard InChI is InChI=1S/C18H29N5O3.HI/c1-14(2)12-22-7-8-26-17(13-22)11-21-18(19-3)20-10-15-5-4-6-16(9-15)23(24)25;/h4-6,9,14,17H,7-8,10-13H2,1-3H3,(H2,19,20,21);1H. The summed E-state index contributed by atoms with van der Waals surface area (Å²) in [5.41, 5.74) is 0.923. The summed E-state index contributed by atoms with van der Waals surface area (Å²) in [6.45, 7) is 9.31. The molecule has 0 radical (unpaired) electrons. The molecule has 0 amide bonds. The summed E-state index contributed by atoms with van der Waals surface area (Å²) in [5, 5.41) is 17.3. The van der Waals surface area contributed by atoms with Gasteiger partial charge in [-0.05, 0) is 11.5 Å². The average Bonchev–Trinajstić information content (AvgIpc) is 2.62. The molecule has 1 aliphatic rings. The fraction of sp³-hybridized carbons (Fsp3) is 0.611. The van der Waals surface area contributed by atoms with Crippen LogP contribution in [0.25, 0.3) is 0 Å². The number of rotatable bonds is 7. The third kappa shape index (κ3) is 8.39. The highest BCUT2D eigenvalue weighted by Crippen LogP contribution is 2.12. The molecule has 152 valence electrons. The lowest BCUT2D eigenvalue weighted by molar-refractivity contribution is -0.384. The maximum atomic E-state index is 10.8. The van der Waals surface area contributed by atoms with Gasteiger partial charge in [-0.3, -0.25) is 20.0 Å². The molecule has 1 heterocycles. The van der Waals surface area contributed by atoms with E-state index in [1.807, 2.05) is 6.07 Å². The van der Waals surface area contributed by atoms with Crippen LogP contribution in [0, 0.1) is 16.0 Å². The Kier molecular flexibility index (Phi) is 10.6. The second-order valence-corrected chi connectivity index (χ2v) is 6.88. The number of guanidine groups is 1. The van der Waals surface area contributed by atoms with Crippen molar-refractivity contribution in [2.75, 3.05) is 39.8 Å². The van der Waals surface area contributed by atoms with Crippen LogP contribution in [0.5, 0.6) is 0 Å². The van der Waals surface area contributed by atoms with Crippen molar-refractivity contribution in [3.05, 3.63) is 39.9 Å². The average molecular weight is 491 g/mol. The number of non-ortho nitro benzene ring substituents is 1. The van der Waals surface area contributed by atoms with Crippen molar-refractivity contribution in [2.45, 2.75) is 26.5 Å². The summed E-state index contributed by atoms with van der Waals surface area (Å²) >= 11 is 0. The van der Waals surface area contributed by atoms with Crippen LogP contribution in [0.15, 0.2) is 29.3 Å². The number of halogens is 1. The molecule has 8 nitrogen and oxygen atoms in total. The fourth-order valence-corrected chi connectivity index (χ4v) is 2.98. The molecule has 0 bridgehead atoms. The Morgan fingerprint density at radius 1 is 1.44 bits per heavy atom. The van der Waals surface area contributed by atoms with Crippen molar-refractivity contribution < 1.29 is 9.66 Å². The summed E-state index contributed by atoms with van der Waals surface area (Å²) < 4.78 is 5.83. The van der Waals surface area contributed by atoms with E-state index >= 15 is 0 Å². The van der Waals surface area contributed by atoms with E-state index in [-0.39, 0.29) is 40.7 Å². The third-order valence-corrected chi connectivity index (χ3v) is 4.15. The molecule has 2 rings (SSSR count). The second-order valence-electron chi connectivity index (χ2n) is 6.88. The Labute approximate surface area is 177 Å². The number of nitro benzene ring substituents is 1. The minimum atomic E-state index is -0.389. The van der Waals surface area contributed by atoms with E-state index in [1.165, 1.54) is 6.07 Å². The molecule has 1 saturated heterocycles. The second kappa shape index (κ2) is 12.1. The summed E-state index contributed by atoms with van der Waals surface area (Å²) in [5.74, 6) is 1.30. The van der Waals surface area contributed by atoms with Crippen LogP contribution < -0.4 is 10.6 Å². The van der Waals surface area contributed by atoms with Gasteiger partial charge in [-0.25, -0.2) is 0 Å². The summed E-state index contributed by atoms with van der Waals surface area (Å²) in [4.78, 5) is 17.1. The first-order valence-corrected chi connectivity index (χ1v) is 8.99. The lowest BCUT2D eigenvalue weighted by Crippen LogP contribution is -2.50. The summed E-state index contributed by atoms with van der Waals surface area (Å²) in [6.07, 6.45) is 0.124. The molecule has 9 heteroatoms. The summed E-state index contributed by atoms with van der Waals surface area (Å²) in [6, 6.07) is 6.58. The SMILES string of the molecule is CN=C(NCc1cccc([N+](=O)[O-])c1)NCC1CN(CC(C)C)CCO1.I. The number of morpholine rings is 1. The molecule has 27 heavy (non-hydrogen) atoms. The molecule has 1 aromatic rings. The van der Waals surface area contributed by atoms with Crippen LogP contribution in [-0.4, -0.2) is 61.7 Å². The first-order valence-electron chi connectivity index (χ1n) is 8.99. The predicted molar refractivity (Wildman–Crippen MR) is 118 cm³/mol. The third-order valence-electron chi connectivity index (χ3n) is 4.15. The predicted octanol–water partition coefficient (Wildman–Crippen LogP) is 2.23. The van der Waals surface area contributed by atoms with Crippen molar-refractivity contribution in [2.24, 2.45) is 10.9 Å². The van der Waals surface area contributed by atoms with Gasteiger partial charge in [0.25, 0.3) is 5.69 Å². The largest absolute Gasteiger partial charge is 0.374 e. The van der Waals surface area contributed by atoms with Gasteiger partial charge < -0.3 is 15.4 Å². The van der Waals surface area contributed by atoms with Crippen LogP contribution in [0.2, 0.25) is 0 Å². The van der Waals surface area contributed by atoms with Crippen LogP contribution in [-0.2, 0) is 11.3 Å². The van der Waals surface area contributed by atoms with Gasteiger partial charge in [0.05, 0.1) is 17.6 Å². The number of hydrogen-bond acceptors (Lipinski definition) is 5. The van der Waals surface area contributed by atoms with Crippen LogP contribution in [0.1, 0.15) is 19.4 Å². The summed E-state index contributed by atoms with van der Waals surface area (Å²) in [7, 11) is 1.70. The number of aliphatic imine (C=N–C) groups is 1. The Morgan fingerprint density at radius 3 is 2.89 bits per heavy atom. The number of nitrogens with zero attached hydrogens (tertiary/aromatic N) is 3. The fourth-order valence-electron chi connectivity index (χ4n) is 2.98. The molecule has 0 aliphatic carbocycles. The minimum absolute atomic E-state index is 0. The van der Waals surface area contributed by atoms with E-state index in [4.69, 9.17) is 4.74 Å². The van der Waals surface area contributed by atoms with Crippen molar-refractivity contribution in [1.29, 1.82) is 0 Å². The zero-order valence-electron chi connectivity index (χ0n) is 16.2. The molecule has 0 aromatic heterocycles. The zero-order chi connectivity index (χ0) is 18.9. The van der Waals surface area contributed by atoms with Gasteiger partial charge in [-0.2, -0.15) is 0 Å². The number of nitro groups is 1. The van der Waals surface area contributed by atoms with Crippen molar-refractivity contribution in [1.82, 2.24) is 15.5 Å². The first-order chi connectivity index (χ1) is 12.5. The van der Waals surface area contributed by atoms with Gasteiger partial charge in [0, 0.05) is 51.9 Å². The zero-order valence-corrected chi connectivity index (χ0v) is 18.5. The van der Waals surface area contributed by atoms with E-state index in [2.05, 4.69) is 34.4 Å².